The number of carbonyl (C=O) groups is 1. The summed E-state index contributed by atoms with van der Waals surface area (Å²) in [6, 6.07) is 5.89. The lowest BCUT2D eigenvalue weighted by atomic mass is 10.3. The molecular weight excluding hydrogens is 234 g/mol. The lowest BCUT2D eigenvalue weighted by Crippen LogP contribution is -2.27. The van der Waals surface area contributed by atoms with Gasteiger partial charge in [-0.15, -0.1) is 11.3 Å². The van der Waals surface area contributed by atoms with Crippen LogP contribution in [0.15, 0.2) is 18.2 Å². The molecule has 3 rings (SSSR count). The average molecular weight is 247 g/mol. The number of fused-ring (bicyclic) bond motifs is 1. The summed E-state index contributed by atoms with van der Waals surface area (Å²) in [4.78, 5) is 17.9. The summed E-state index contributed by atoms with van der Waals surface area (Å²) in [7, 11) is 0. The zero-order valence-electron chi connectivity index (χ0n) is 9.51. The Morgan fingerprint density at radius 2 is 2.35 bits per heavy atom. The van der Waals surface area contributed by atoms with Gasteiger partial charge in [-0.25, -0.2) is 4.98 Å². The molecule has 0 bridgehead atoms. The first-order chi connectivity index (χ1) is 8.13. The number of amides is 1. The Hall–Kier alpha value is -1.46. The highest BCUT2D eigenvalue weighted by Crippen LogP contribution is 2.28. The van der Waals surface area contributed by atoms with Crippen LogP contribution in [0.4, 0.5) is 5.69 Å². The van der Waals surface area contributed by atoms with Gasteiger partial charge in [-0.1, -0.05) is 0 Å². The van der Waals surface area contributed by atoms with Gasteiger partial charge in [0.25, 0.3) is 0 Å². The van der Waals surface area contributed by atoms with Crippen LogP contribution in [0.3, 0.4) is 0 Å². The van der Waals surface area contributed by atoms with Crippen molar-refractivity contribution in [3.63, 3.8) is 0 Å². The van der Waals surface area contributed by atoms with Gasteiger partial charge in [0, 0.05) is 24.7 Å². The van der Waals surface area contributed by atoms with Crippen LogP contribution >= 0.6 is 11.3 Å². The lowest BCUT2D eigenvalue weighted by Gasteiger charge is -2.15. The quantitative estimate of drug-likeness (QED) is 0.834. The fourth-order valence-electron chi connectivity index (χ4n) is 2.18. The summed E-state index contributed by atoms with van der Waals surface area (Å²) in [6.07, 6.45) is 0.444. The molecule has 88 valence electrons. The Kier molecular flexibility index (Phi) is 2.38. The molecular formula is C12H13N3OS. The molecule has 1 aromatic heterocycles. The number of benzene rings is 1. The Labute approximate surface area is 103 Å². The number of nitrogens with zero attached hydrogens (tertiary/aromatic N) is 2. The van der Waals surface area contributed by atoms with Gasteiger partial charge in [-0.05, 0) is 25.1 Å². The van der Waals surface area contributed by atoms with Gasteiger partial charge in [-0.2, -0.15) is 0 Å². The highest BCUT2D eigenvalue weighted by atomic mass is 32.1. The minimum Gasteiger partial charge on any atom is -0.326 e. The number of aryl methyl sites for hydroxylation is 1. The second-order valence-corrected chi connectivity index (χ2v) is 5.59. The predicted molar refractivity (Wildman–Crippen MR) is 69.3 cm³/mol. The molecule has 2 N–H and O–H groups in total. The van der Waals surface area contributed by atoms with Crippen molar-refractivity contribution >= 4 is 33.1 Å². The molecule has 4 nitrogen and oxygen atoms in total. The minimum absolute atomic E-state index is 0.0404. The molecule has 1 amide bonds. The van der Waals surface area contributed by atoms with E-state index in [0.29, 0.717) is 13.0 Å². The number of nitrogens with two attached hydrogens (primary N) is 1. The topological polar surface area (TPSA) is 59.2 Å². The van der Waals surface area contributed by atoms with Crippen molar-refractivity contribution in [2.75, 3.05) is 11.4 Å². The van der Waals surface area contributed by atoms with Crippen LogP contribution < -0.4 is 10.6 Å². The first-order valence-electron chi connectivity index (χ1n) is 5.56. The largest absolute Gasteiger partial charge is 0.326 e. The van der Waals surface area contributed by atoms with E-state index in [4.69, 9.17) is 5.73 Å². The zero-order valence-corrected chi connectivity index (χ0v) is 10.3. The number of thiazole rings is 1. The van der Waals surface area contributed by atoms with E-state index in [1.54, 1.807) is 16.2 Å². The van der Waals surface area contributed by atoms with E-state index >= 15 is 0 Å². The summed E-state index contributed by atoms with van der Waals surface area (Å²) in [5.41, 5.74) is 7.72. The molecule has 1 atom stereocenters. The third-order valence-corrected chi connectivity index (χ3v) is 3.88. The van der Waals surface area contributed by atoms with Crippen LogP contribution in [-0.2, 0) is 4.79 Å². The number of anilines is 1. The lowest BCUT2D eigenvalue weighted by molar-refractivity contribution is -0.117. The molecule has 2 heterocycles. The monoisotopic (exact) mass is 247 g/mol. The molecule has 5 heteroatoms. The van der Waals surface area contributed by atoms with Gasteiger partial charge < -0.3 is 10.6 Å². The predicted octanol–water partition coefficient (Wildman–Crippen LogP) is 1.67. The van der Waals surface area contributed by atoms with Crippen molar-refractivity contribution < 1.29 is 4.79 Å². The fourth-order valence-corrected chi connectivity index (χ4v) is 3.04. The minimum atomic E-state index is -0.0404. The molecule has 0 saturated carbocycles. The Bertz CT molecular complexity index is 592. The van der Waals surface area contributed by atoms with Crippen molar-refractivity contribution in [2.24, 2.45) is 5.73 Å². The second-order valence-electron chi connectivity index (χ2n) is 4.35. The third kappa shape index (κ3) is 1.81. The fraction of sp³-hybridized carbons (Fsp3) is 0.333. The molecule has 1 unspecified atom stereocenters. The summed E-state index contributed by atoms with van der Waals surface area (Å²) in [5.74, 6) is 0.109. The number of aromatic nitrogens is 1. The SMILES string of the molecule is Cc1nc2ccc(N3CC(N)CC3=O)cc2s1. The van der Waals surface area contributed by atoms with Crippen molar-refractivity contribution in [2.45, 2.75) is 19.4 Å². The molecule has 0 aliphatic carbocycles. The van der Waals surface area contributed by atoms with E-state index < -0.39 is 0 Å². The maximum atomic E-state index is 11.8. The average Bonchev–Trinajstić information content (AvgIpc) is 2.78. The number of rotatable bonds is 1. The normalized spacial score (nSPS) is 20.5. The van der Waals surface area contributed by atoms with Gasteiger partial charge in [0.05, 0.1) is 15.2 Å². The van der Waals surface area contributed by atoms with Crippen molar-refractivity contribution in [3.8, 4) is 0 Å². The summed E-state index contributed by atoms with van der Waals surface area (Å²) in [5, 5.41) is 1.04. The molecule has 2 aromatic rings. The first kappa shape index (κ1) is 10.7. The molecule has 0 radical (unpaired) electrons. The van der Waals surface area contributed by atoms with E-state index in [-0.39, 0.29) is 11.9 Å². The summed E-state index contributed by atoms with van der Waals surface area (Å²) >= 11 is 1.65. The number of carbonyl (C=O) groups excluding carboxylic acids is 1. The smallest absolute Gasteiger partial charge is 0.228 e. The van der Waals surface area contributed by atoms with Crippen LogP contribution in [0.5, 0.6) is 0 Å². The third-order valence-electron chi connectivity index (χ3n) is 2.95. The van der Waals surface area contributed by atoms with Gasteiger partial charge in [0.15, 0.2) is 0 Å². The molecule has 17 heavy (non-hydrogen) atoms. The maximum absolute atomic E-state index is 11.8. The van der Waals surface area contributed by atoms with E-state index in [9.17, 15) is 4.79 Å². The summed E-state index contributed by atoms with van der Waals surface area (Å²) in [6.45, 7) is 2.60. The Morgan fingerprint density at radius 3 is 3.06 bits per heavy atom. The van der Waals surface area contributed by atoms with Gasteiger partial charge in [0.1, 0.15) is 0 Å². The maximum Gasteiger partial charge on any atom is 0.228 e. The molecule has 1 aromatic carbocycles. The van der Waals surface area contributed by atoms with Gasteiger partial charge in [0.2, 0.25) is 5.91 Å². The first-order valence-corrected chi connectivity index (χ1v) is 6.38. The van der Waals surface area contributed by atoms with E-state index in [2.05, 4.69) is 4.98 Å². The zero-order chi connectivity index (χ0) is 12.0. The molecule has 1 aliphatic heterocycles. The van der Waals surface area contributed by atoms with E-state index in [0.717, 1.165) is 20.9 Å². The molecule has 1 aliphatic rings. The van der Waals surface area contributed by atoms with Crippen molar-refractivity contribution in [1.29, 1.82) is 0 Å². The van der Waals surface area contributed by atoms with Crippen molar-refractivity contribution in [3.05, 3.63) is 23.2 Å². The van der Waals surface area contributed by atoms with Crippen molar-refractivity contribution in [1.82, 2.24) is 4.98 Å². The van der Waals surface area contributed by atoms with Crippen LogP contribution in [0.2, 0.25) is 0 Å². The highest BCUT2D eigenvalue weighted by Gasteiger charge is 2.28. The Balaban J connectivity index is 2.03. The van der Waals surface area contributed by atoms with E-state index in [1.807, 2.05) is 25.1 Å². The van der Waals surface area contributed by atoms with Crippen LogP contribution in [0.25, 0.3) is 10.2 Å². The Morgan fingerprint density at radius 1 is 1.53 bits per heavy atom. The molecule has 1 fully saturated rings. The molecule has 1 saturated heterocycles. The number of hydrogen-bond donors (Lipinski definition) is 1. The summed E-state index contributed by atoms with van der Waals surface area (Å²) < 4.78 is 1.12. The second kappa shape index (κ2) is 3.78. The molecule has 0 spiro atoms. The van der Waals surface area contributed by atoms with Gasteiger partial charge >= 0.3 is 0 Å². The highest BCUT2D eigenvalue weighted by molar-refractivity contribution is 7.18. The number of hydrogen-bond acceptors (Lipinski definition) is 4. The van der Waals surface area contributed by atoms with Crippen LogP contribution in [0.1, 0.15) is 11.4 Å². The van der Waals surface area contributed by atoms with Gasteiger partial charge in [-0.3, -0.25) is 4.79 Å². The standard InChI is InChI=1S/C12H13N3OS/c1-7-14-10-3-2-9(5-11(10)17-7)15-6-8(13)4-12(15)16/h2-3,5,8H,4,6,13H2,1H3. The van der Waals surface area contributed by atoms with E-state index in [1.165, 1.54) is 0 Å². The van der Waals surface area contributed by atoms with Crippen LogP contribution in [0, 0.1) is 6.92 Å². The van der Waals surface area contributed by atoms with Crippen LogP contribution in [-0.4, -0.2) is 23.5 Å².